The van der Waals surface area contributed by atoms with E-state index in [9.17, 15) is 9.90 Å². The number of carboxylic acid groups (broad SMARTS) is 1. The maximum absolute atomic E-state index is 11.5. The van der Waals surface area contributed by atoms with Gasteiger partial charge in [-0.2, -0.15) is 0 Å². The lowest BCUT2D eigenvalue weighted by molar-refractivity contribution is -0.140. The molecule has 0 spiro atoms. The van der Waals surface area contributed by atoms with Crippen LogP contribution in [0.3, 0.4) is 0 Å². The van der Waals surface area contributed by atoms with Crippen molar-refractivity contribution in [1.82, 2.24) is 0 Å². The van der Waals surface area contributed by atoms with Gasteiger partial charge in [0.2, 0.25) is 0 Å². The number of methoxy groups -OCH3 is 1. The van der Waals surface area contributed by atoms with Gasteiger partial charge in [-0.15, -0.1) is 0 Å². The largest absolute Gasteiger partial charge is 0.496 e. The molecule has 0 unspecified atom stereocenters. The molecule has 1 aliphatic carbocycles. The third-order valence-corrected chi connectivity index (χ3v) is 4.00. The number of hydrogen-bond donors (Lipinski definition) is 1. The lowest BCUT2D eigenvalue weighted by Crippen LogP contribution is -2.19. The van der Waals surface area contributed by atoms with Crippen molar-refractivity contribution >= 4 is 5.97 Å². The standard InChI is InChI=1S/C17H16O3/c1-20-15-8-7-13(17(9-10-17)16(18)19)11-14(15)12-5-3-2-4-6-12/h2-8,11H,9-10H2,1H3,(H,18,19). The van der Waals surface area contributed by atoms with Gasteiger partial charge >= 0.3 is 5.97 Å². The Morgan fingerprint density at radius 1 is 1.15 bits per heavy atom. The van der Waals surface area contributed by atoms with Crippen LogP contribution >= 0.6 is 0 Å². The predicted molar refractivity (Wildman–Crippen MR) is 77.0 cm³/mol. The van der Waals surface area contributed by atoms with E-state index >= 15 is 0 Å². The molecule has 0 atom stereocenters. The monoisotopic (exact) mass is 268 g/mol. The topological polar surface area (TPSA) is 46.5 Å². The number of carboxylic acids is 1. The highest BCUT2D eigenvalue weighted by atomic mass is 16.5. The Labute approximate surface area is 117 Å². The van der Waals surface area contributed by atoms with Crippen molar-refractivity contribution < 1.29 is 14.6 Å². The predicted octanol–water partition coefficient (Wildman–Crippen LogP) is 3.48. The molecular weight excluding hydrogens is 252 g/mol. The van der Waals surface area contributed by atoms with Crippen LogP contribution in [-0.2, 0) is 10.2 Å². The number of hydrogen-bond acceptors (Lipinski definition) is 2. The molecule has 3 rings (SSSR count). The van der Waals surface area contributed by atoms with Gasteiger partial charge in [0.05, 0.1) is 12.5 Å². The minimum Gasteiger partial charge on any atom is -0.496 e. The summed E-state index contributed by atoms with van der Waals surface area (Å²) in [5, 5.41) is 9.41. The summed E-state index contributed by atoms with van der Waals surface area (Å²) in [6.45, 7) is 0. The smallest absolute Gasteiger partial charge is 0.314 e. The van der Waals surface area contributed by atoms with Crippen molar-refractivity contribution in [1.29, 1.82) is 0 Å². The van der Waals surface area contributed by atoms with Crippen molar-refractivity contribution in [3.8, 4) is 16.9 Å². The molecule has 3 heteroatoms. The van der Waals surface area contributed by atoms with E-state index in [1.807, 2.05) is 48.5 Å². The Kier molecular flexibility index (Phi) is 2.97. The molecule has 1 saturated carbocycles. The van der Waals surface area contributed by atoms with Gasteiger partial charge in [-0.1, -0.05) is 36.4 Å². The average molecular weight is 268 g/mol. The Hall–Kier alpha value is -2.29. The summed E-state index contributed by atoms with van der Waals surface area (Å²) in [4.78, 5) is 11.5. The van der Waals surface area contributed by atoms with Crippen LogP contribution in [0.4, 0.5) is 0 Å². The normalized spacial score (nSPS) is 15.7. The molecule has 0 bridgehead atoms. The van der Waals surface area contributed by atoms with Gasteiger partial charge in [0.25, 0.3) is 0 Å². The summed E-state index contributed by atoms with van der Waals surface area (Å²) in [7, 11) is 1.63. The summed E-state index contributed by atoms with van der Waals surface area (Å²) in [5.74, 6) is 0.0304. The average Bonchev–Trinajstić information content (AvgIpc) is 3.29. The number of carbonyl (C=O) groups is 1. The van der Waals surface area contributed by atoms with Gasteiger partial charge in [-0.3, -0.25) is 4.79 Å². The molecule has 2 aromatic rings. The van der Waals surface area contributed by atoms with Gasteiger partial charge in [0.1, 0.15) is 5.75 Å². The summed E-state index contributed by atoms with van der Waals surface area (Å²) >= 11 is 0. The molecule has 0 heterocycles. The molecule has 0 aromatic heterocycles. The molecular formula is C17H16O3. The molecule has 2 aromatic carbocycles. The van der Waals surface area contributed by atoms with E-state index in [1.54, 1.807) is 7.11 Å². The van der Waals surface area contributed by atoms with Crippen LogP contribution in [0.5, 0.6) is 5.75 Å². The molecule has 0 aliphatic heterocycles. The van der Waals surface area contributed by atoms with E-state index in [0.29, 0.717) is 12.8 Å². The number of ether oxygens (including phenoxy) is 1. The molecule has 0 radical (unpaired) electrons. The zero-order valence-electron chi connectivity index (χ0n) is 11.3. The Balaban J connectivity index is 2.11. The van der Waals surface area contributed by atoms with Crippen LogP contribution in [0, 0.1) is 0 Å². The van der Waals surface area contributed by atoms with Crippen LogP contribution in [-0.4, -0.2) is 18.2 Å². The Morgan fingerprint density at radius 2 is 1.85 bits per heavy atom. The van der Waals surface area contributed by atoms with Crippen molar-refractivity contribution in [3.63, 3.8) is 0 Å². The van der Waals surface area contributed by atoms with Crippen LogP contribution in [0.1, 0.15) is 18.4 Å². The first-order chi connectivity index (χ1) is 9.67. The molecule has 1 fully saturated rings. The van der Waals surface area contributed by atoms with E-state index in [-0.39, 0.29) is 0 Å². The minimum absolute atomic E-state index is 0.685. The van der Waals surface area contributed by atoms with Crippen molar-refractivity contribution in [3.05, 3.63) is 54.1 Å². The third-order valence-electron chi connectivity index (χ3n) is 4.00. The quantitative estimate of drug-likeness (QED) is 0.923. The van der Waals surface area contributed by atoms with E-state index in [4.69, 9.17) is 4.74 Å². The third kappa shape index (κ3) is 1.95. The molecule has 102 valence electrons. The highest BCUT2D eigenvalue weighted by Gasteiger charge is 2.51. The second kappa shape index (κ2) is 4.67. The molecule has 1 N–H and O–H groups in total. The van der Waals surface area contributed by atoms with Crippen LogP contribution < -0.4 is 4.74 Å². The van der Waals surface area contributed by atoms with Gasteiger partial charge in [-0.05, 0) is 36.1 Å². The molecule has 20 heavy (non-hydrogen) atoms. The van der Waals surface area contributed by atoms with Crippen LogP contribution in [0.2, 0.25) is 0 Å². The zero-order valence-corrected chi connectivity index (χ0v) is 11.3. The summed E-state index contributed by atoms with van der Waals surface area (Å²) in [5.41, 5.74) is 2.16. The van der Waals surface area contributed by atoms with Crippen molar-refractivity contribution in [2.45, 2.75) is 18.3 Å². The Morgan fingerprint density at radius 3 is 2.40 bits per heavy atom. The minimum atomic E-state index is -0.735. The second-order valence-electron chi connectivity index (χ2n) is 5.17. The fourth-order valence-corrected chi connectivity index (χ4v) is 2.60. The lowest BCUT2D eigenvalue weighted by Gasteiger charge is -2.15. The van der Waals surface area contributed by atoms with E-state index in [2.05, 4.69) is 0 Å². The maximum Gasteiger partial charge on any atom is 0.314 e. The fourth-order valence-electron chi connectivity index (χ4n) is 2.60. The number of rotatable bonds is 4. The van der Waals surface area contributed by atoms with Gasteiger partial charge in [0.15, 0.2) is 0 Å². The number of aliphatic carboxylic acids is 1. The first-order valence-corrected chi connectivity index (χ1v) is 6.65. The molecule has 0 saturated heterocycles. The maximum atomic E-state index is 11.5. The number of benzene rings is 2. The van der Waals surface area contributed by atoms with Gasteiger partial charge < -0.3 is 9.84 Å². The molecule has 0 amide bonds. The van der Waals surface area contributed by atoms with Gasteiger partial charge in [0, 0.05) is 5.56 Å². The highest BCUT2D eigenvalue weighted by Crippen LogP contribution is 2.50. The summed E-state index contributed by atoms with van der Waals surface area (Å²) < 4.78 is 5.40. The first kappa shape index (κ1) is 12.7. The van der Waals surface area contributed by atoms with Crippen LogP contribution in [0.25, 0.3) is 11.1 Å². The first-order valence-electron chi connectivity index (χ1n) is 6.65. The lowest BCUT2D eigenvalue weighted by atomic mass is 9.92. The van der Waals surface area contributed by atoms with Gasteiger partial charge in [-0.25, -0.2) is 0 Å². The van der Waals surface area contributed by atoms with Crippen molar-refractivity contribution in [2.24, 2.45) is 0 Å². The zero-order chi connectivity index (χ0) is 14.2. The second-order valence-corrected chi connectivity index (χ2v) is 5.17. The van der Waals surface area contributed by atoms with E-state index in [0.717, 1.165) is 22.4 Å². The molecule has 3 nitrogen and oxygen atoms in total. The van der Waals surface area contributed by atoms with Crippen molar-refractivity contribution in [2.75, 3.05) is 7.11 Å². The summed E-state index contributed by atoms with van der Waals surface area (Å²) in [6, 6.07) is 15.6. The Bertz CT molecular complexity index is 643. The van der Waals surface area contributed by atoms with E-state index in [1.165, 1.54) is 0 Å². The summed E-state index contributed by atoms with van der Waals surface area (Å²) in [6.07, 6.45) is 1.42. The SMILES string of the molecule is COc1ccc(C2(C(=O)O)CC2)cc1-c1ccccc1. The fraction of sp³-hybridized carbons (Fsp3) is 0.235. The van der Waals surface area contributed by atoms with Crippen LogP contribution in [0.15, 0.2) is 48.5 Å². The highest BCUT2D eigenvalue weighted by molar-refractivity contribution is 5.86. The van der Waals surface area contributed by atoms with E-state index < -0.39 is 11.4 Å². The molecule has 1 aliphatic rings.